The van der Waals surface area contributed by atoms with Crippen LogP contribution in [0.3, 0.4) is 0 Å². The van der Waals surface area contributed by atoms with Gasteiger partial charge in [0.2, 0.25) is 0 Å². The summed E-state index contributed by atoms with van der Waals surface area (Å²) in [6.07, 6.45) is 0. The number of hydrogen-bond donors (Lipinski definition) is 0. The van der Waals surface area contributed by atoms with Crippen molar-refractivity contribution in [1.82, 2.24) is 9.55 Å². The third-order valence-electron chi connectivity index (χ3n) is 4.14. The number of rotatable bonds is 3. The van der Waals surface area contributed by atoms with Crippen molar-refractivity contribution in [3.05, 3.63) is 89.2 Å². The maximum Gasteiger partial charge on any atom is 0.282 e. The molecular weight excluding hydrogens is 312 g/mol. The molecule has 0 radical (unpaired) electrons. The van der Waals surface area contributed by atoms with E-state index in [-0.39, 0.29) is 5.56 Å². The van der Waals surface area contributed by atoms with Crippen LogP contribution in [0.2, 0.25) is 0 Å². The molecule has 3 aromatic carbocycles. The molecule has 0 fully saturated rings. The van der Waals surface area contributed by atoms with Crippen molar-refractivity contribution >= 4 is 11.0 Å². The van der Waals surface area contributed by atoms with E-state index in [1.807, 2.05) is 78.9 Å². The Bertz CT molecular complexity index is 1080. The molecule has 4 nitrogen and oxygen atoms in total. The van der Waals surface area contributed by atoms with E-state index in [1.54, 1.807) is 11.7 Å². The predicted molar refractivity (Wildman–Crippen MR) is 99.3 cm³/mol. The number of fused-ring (bicyclic) bond motifs is 1. The molecule has 4 rings (SSSR count). The topological polar surface area (TPSA) is 44.1 Å². The number of para-hydroxylation sites is 2. The molecule has 0 unspecified atom stereocenters. The number of hydrogen-bond acceptors (Lipinski definition) is 3. The summed E-state index contributed by atoms with van der Waals surface area (Å²) in [6, 6.07) is 24.6. The van der Waals surface area contributed by atoms with Crippen molar-refractivity contribution in [3.63, 3.8) is 0 Å². The molecule has 0 N–H and O–H groups in total. The molecule has 0 amide bonds. The lowest BCUT2D eigenvalue weighted by Gasteiger charge is -2.13. The van der Waals surface area contributed by atoms with E-state index >= 15 is 0 Å². The van der Waals surface area contributed by atoms with Gasteiger partial charge in [0.15, 0.2) is 0 Å². The van der Waals surface area contributed by atoms with Gasteiger partial charge in [0.25, 0.3) is 5.56 Å². The zero-order valence-electron chi connectivity index (χ0n) is 13.7. The zero-order chi connectivity index (χ0) is 17.2. The molecule has 4 heteroatoms. The molecule has 0 saturated heterocycles. The molecular formula is C21H16N2O2. The fraction of sp³-hybridized carbons (Fsp3) is 0.0476. The highest BCUT2D eigenvalue weighted by molar-refractivity contribution is 5.79. The number of benzene rings is 3. The lowest BCUT2D eigenvalue weighted by atomic mass is 10.1. The molecule has 4 aromatic rings. The van der Waals surface area contributed by atoms with Gasteiger partial charge in [0.1, 0.15) is 11.4 Å². The molecule has 1 heterocycles. The van der Waals surface area contributed by atoms with Crippen LogP contribution in [-0.2, 0) is 0 Å². The Labute approximate surface area is 145 Å². The first-order valence-corrected chi connectivity index (χ1v) is 7.99. The van der Waals surface area contributed by atoms with Gasteiger partial charge in [-0.2, -0.15) is 0 Å². The molecule has 1 aromatic heterocycles. The summed E-state index contributed by atoms with van der Waals surface area (Å²) < 4.78 is 6.91. The van der Waals surface area contributed by atoms with E-state index < -0.39 is 0 Å². The quantitative estimate of drug-likeness (QED) is 0.569. The Morgan fingerprint density at radius 1 is 0.840 bits per heavy atom. The fourth-order valence-electron chi connectivity index (χ4n) is 2.90. The minimum atomic E-state index is -0.143. The first-order chi connectivity index (χ1) is 12.3. The van der Waals surface area contributed by atoms with E-state index in [0.717, 1.165) is 28.0 Å². The summed E-state index contributed by atoms with van der Waals surface area (Å²) >= 11 is 0. The van der Waals surface area contributed by atoms with Crippen LogP contribution in [0.15, 0.2) is 83.7 Å². The van der Waals surface area contributed by atoms with Gasteiger partial charge in [-0.1, -0.05) is 42.5 Å². The van der Waals surface area contributed by atoms with Crippen molar-refractivity contribution in [1.29, 1.82) is 0 Å². The third kappa shape index (κ3) is 2.68. The van der Waals surface area contributed by atoms with Gasteiger partial charge >= 0.3 is 0 Å². The first kappa shape index (κ1) is 15.1. The Balaban J connectivity index is 2.04. The van der Waals surface area contributed by atoms with E-state index in [9.17, 15) is 4.79 Å². The predicted octanol–water partition coefficient (Wildman–Crippen LogP) is 4.06. The average molecular weight is 328 g/mol. The van der Waals surface area contributed by atoms with E-state index in [2.05, 4.69) is 4.98 Å². The van der Waals surface area contributed by atoms with Gasteiger partial charge in [0, 0.05) is 11.3 Å². The average Bonchev–Trinajstić information content (AvgIpc) is 2.68. The molecule has 0 aliphatic carbocycles. The molecule has 122 valence electrons. The van der Waals surface area contributed by atoms with Crippen LogP contribution in [0, 0.1) is 0 Å². The minimum absolute atomic E-state index is 0.143. The minimum Gasteiger partial charge on any atom is -0.497 e. The Morgan fingerprint density at radius 2 is 1.52 bits per heavy atom. The van der Waals surface area contributed by atoms with Crippen molar-refractivity contribution in [3.8, 4) is 22.7 Å². The Kier molecular flexibility index (Phi) is 3.78. The van der Waals surface area contributed by atoms with Crippen LogP contribution in [0.5, 0.6) is 5.75 Å². The van der Waals surface area contributed by atoms with Crippen LogP contribution in [0.4, 0.5) is 0 Å². The monoisotopic (exact) mass is 328 g/mol. The molecule has 0 aliphatic heterocycles. The van der Waals surface area contributed by atoms with Crippen LogP contribution in [0.1, 0.15) is 0 Å². The van der Waals surface area contributed by atoms with Gasteiger partial charge < -0.3 is 4.74 Å². The maximum atomic E-state index is 13.2. The highest BCUT2D eigenvalue weighted by Crippen LogP contribution is 2.21. The molecule has 0 atom stereocenters. The lowest BCUT2D eigenvalue weighted by Crippen LogP contribution is -2.22. The summed E-state index contributed by atoms with van der Waals surface area (Å²) in [6.45, 7) is 0. The Morgan fingerprint density at radius 3 is 2.24 bits per heavy atom. The second-order valence-electron chi connectivity index (χ2n) is 5.65. The van der Waals surface area contributed by atoms with Gasteiger partial charge in [-0.25, -0.2) is 4.98 Å². The summed E-state index contributed by atoms with van der Waals surface area (Å²) in [5, 5.41) is 0. The van der Waals surface area contributed by atoms with Crippen molar-refractivity contribution < 1.29 is 4.74 Å². The lowest BCUT2D eigenvalue weighted by molar-refractivity contribution is 0.415. The molecule has 25 heavy (non-hydrogen) atoms. The van der Waals surface area contributed by atoms with Crippen molar-refractivity contribution in [2.45, 2.75) is 0 Å². The van der Waals surface area contributed by atoms with Gasteiger partial charge in [0.05, 0.1) is 18.1 Å². The second kappa shape index (κ2) is 6.24. The zero-order valence-corrected chi connectivity index (χ0v) is 13.7. The summed E-state index contributed by atoms with van der Waals surface area (Å²) in [5.41, 5.74) is 3.43. The number of methoxy groups -OCH3 is 1. The van der Waals surface area contributed by atoms with Crippen LogP contribution < -0.4 is 10.3 Å². The summed E-state index contributed by atoms with van der Waals surface area (Å²) in [4.78, 5) is 17.8. The van der Waals surface area contributed by atoms with Crippen LogP contribution in [-0.4, -0.2) is 16.7 Å². The fourth-order valence-corrected chi connectivity index (χ4v) is 2.90. The molecule has 0 bridgehead atoms. The normalized spacial score (nSPS) is 10.8. The third-order valence-corrected chi connectivity index (χ3v) is 4.14. The molecule has 0 spiro atoms. The summed E-state index contributed by atoms with van der Waals surface area (Å²) in [7, 11) is 1.62. The van der Waals surface area contributed by atoms with E-state index in [0.29, 0.717) is 5.69 Å². The van der Waals surface area contributed by atoms with E-state index in [4.69, 9.17) is 4.74 Å². The maximum absolute atomic E-state index is 13.2. The standard InChI is InChI=1S/C21H16N2O2/c1-25-17-13-11-16(12-14-17)23-19-10-6-5-9-18(19)22-20(21(23)24)15-7-3-2-4-8-15/h2-14H,1H3. The molecule has 0 saturated carbocycles. The largest absolute Gasteiger partial charge is 0.497 e. The van der Waals surface area contributed by atoms with Gasteiger partial charge in [-0.15, -0.1) is 0 Å². The number of ether oxygens (including phenoxy) is 1. The first-order valence-electron chi connectivity index (χ1n) is 7.99. The van der Waals surface area contributed by atoms with Crippen molar-refractivity contribution in [2.75, 3.05) is 7.11 Å². The highest BCUT2D eigenvalue weighted by atomic mass is 16.5. The van der Waals surface area contributed by atoms with Crippen LogP contribution in [0.25, 0.3) is 28.0 Å². The smallest absolute Gasteiger partial charge is 0.282 e. The molecule has 0 aliphatic rings. The van der Waals surface area contributed by atoms with Crippen LogP contribution >= 0.6 is 0 Å². The SMILES string of the molecule is COc1ccc(-n2c(=O)c(-c3ccccc3)nc3ccccc32)cc1. The number of aromatic nitrogens is 2. The second-order valence-corrected chi connectivity index (χ2v) is 5.65. The van der Waals surface area contributed by atoms with Crippen molar-refractivity contribution in [2.24, 2.45) is 0 Å². The van der Waals surface area contributed by atoms with Gasteiger partial charge in [-0.05, 0) is 36.4 Å². The summed E-state index contributed by atoms with van der Waals surface area (Å²) in [5.74, 6) is 0.749. The van der Waals surface area contributed by atoms with E-state index in [1.165, 1.54) is 0 Å². The van der Waals surface area contributed by atoms with Gasteiger partial charge in [-0.3, -0.25) is 9.36 Å². The highest BCUT2D eigenvalue weighted by Gasteiger charge is 2.13. The number of nitrogens with zero attached hydrogens (tertiary/aromatic N) is 2. The Hall–Kier alpha value is -3.40.